The van der Waals surface area contributed by atoms with Crippen LogP contribution in [0.25, 0.3) is 0 Å². The normalized spacial score (nSPS) is 22.2. The van der Waals surface area contributed by atoms with Crippen molar-refractivity contribution in [1.82, 2.24) is 0 Å². The zero-order valence-corrected chi connectivity index (χ0v) is 31.1. The van der Waals surface area contributed by atoms with Gasteiger partial charge >= 0.3 is 0 Å². The van der Waals surface area contributed by atoms with E-state index in [0.717, 1.165) is 119 Å². The topological polar surface area (TPSA) is 89.5 Å². The molecule has 2 aromatic rings. The molecular formula is C37H54O8S3. The molecule has 0 amide bonds. The Morgan fingerprint density at radius 2 is 1.60 bits per heavy atom. The molecule has 3 heterocycles. The van der Waals surface area contributed by atoms with Crippen molar-refractivity contribution in [3.05, 3.63) is 53.6 Å². The highest BCUT2D eigenvalue weighted by atomic mass is 32.2. The molecule has 3 aliphatic heterocycles. The summed E-state index contributed by atoms with van der Waals surface area (Å²) in [6.07, 6.45) is 13.6. The fourth-order valence-corrected chi connectivity index (χ4v) is 10.8. The fourth-order valence-electron chi connectivity index (χ4n) is 6.42. The minimum atomic E-state index is -3.74. The van der Waals surface area contributed by atoms with Crippen LogP contribution in [0.3, 0.4) is 0 Å². The summed E-state index contributed by atoms with van der Waals surface area (Å²) < 4.78 is 61.0. The lowest BCUT2D eigenvalue weighted by Crippen LogP contribution is -2.35. The van der Waals surface area contributed by atoms with Gasteiger partial charge in [-0.3, -0.25) is 4.18 Å². The van der Waals surface area contributed by atoms with Crippen LogP contribution in [0.4, 0.5) is 0 Å². The molecule has 0 saturated carbocycles. The van der Waals surface area contributed by atoms with Crippen molar-refractivity contribution >= 4 is 33.6 Å². The van der Waals surface area contributed by atoms with E-state index in [2.05, 4.69) is 35.7 Å². The summed E-state index contributed by atoms with van der Waals surface area (Å²) in [7, 11) is -2.04. The van der Waals surface area contributed by atoms with Crippen LogP contribution in [0, 0.1) is 6.92 Å². The van der Waals surface area contributed by atoms with Crippen molar-refractivity contribution in [3.63, 3.8) is 0 Å². The van der Waals surface area contributed by atoms with E-state index in [1.807, 2.05) is 13.0 Å². The molecule has 0 bridgehead atoms. The first-order valence-corrected chi connectivity index (χ1v) is 21.2. The Balaban J connectivity index is 1.16. The van der Waals surface area contributed by atoms with Crippen LogP contribution in [0.2, 0.25) is 0 Å². The molecular weight excluding hydrogens is 669 g/mol. The quantitative estimate of drug-likeness (QED) is 0.110. The van der Waals surface area contributed by atoms with Crippen molar-refractivity contribution in [2.75, 3.05) is 38.4 Å². The van der Waals surface area contributed by atoms with Gasteiger partial charge in [0.25, 0.3) is 10.1 Å². The van der Waals surface area contributed by atoms with Gasteiger partial charge in [-0.15, -0.1) is 23.5 Å². The van der Waals surface area contributed by atoms with Crippen molar-refractivity contribution in [1.29, 1.82) is 0 Å². The third kappa shape index (κ3) is 11.8. The third-order valence-electron chi connectivity index (χ3n) is 9.18. The van der Waals surface area contributed by atoms with Gasteiger partial charge < -0.3 is 23.7 Å². The lowest BCUT2D eigenvalue weighted by atomic mass is 10.0. The molecule has 5 rings (SSSR count). The zero-order chi connectivity index (χ0) is 33.7. The molecule has 3 aliphatic rings. The van der Waals surface area contributed by atoms with Gasteiger partial charge in [0.2, 0.25) is 0 Å². The Bertz CT molecular complexity index is 1330. The monoisotopic (exact) mass is 722 g/mol. The number of unbranched alkanes of at least 4 members (excludes halogenated alkanes) is 2. The lowest BCUT2D eigenvalue weighted by Gasteiger charge is -2.40. The molecule has 0 N–H and O–H groups in total. The zero-order valence-electron chi connectivity index (χ0n) is 28.7. The molecule has 0 aliphatic carbocycles. The molecule has 11 heteroatoms. The number of rotatable bonds is 18. The predicted octanol–water partition coefficient (Wildman–Crippen LogP) is 8.68. The Kier molecular flexibility index (Phi) is 15.1. The van der Waals surface area contributed by atoms with Crippen molar-refractivity contribution in [3.8, 4) is 11.5 Å². The van der Waals surface area contributed by atoms with E-state index < -0.39 is 10.1 Å². The van der Waals surface area contributed by atoms with Crippen LogP contribution in [0.5, 0.6) is 11.5 Å². The molecule has 2 unspecified atom stereocenters. The van der Waals surface area contributed by atoms with E-state index in [1.54, 1.807) is 31.4 Å². The second-order valence-electron chi connectivity index (χ2n) is 13.1. The highest BCUT2D eigenvalue weighted by Crippen LogP contribution is 2.50. The van der Waals surface area contributed by atoms with Crippen LogP contribution in [-0.2, 0) is 34.9 Å². The molecule has 3 atom stereocenters. The van der Waals surface area contributed by atoms with Crippen molar-refractivity contribution < 1.29 is 36.3 Å². The van der Waals surface area contributed by atoms with Gasteiger partial charge in [-0.1, -0.05) is 36.6 Å². The Morgan fingerprint density at radius 1 is 0.875 bits per heavy atom. The molecule has 0 aromatic heterocycles. The van der Waals surface area contributed by atoms with Gasteiger partial charge in [-0.2, -0.15) is 8.42 Å². The van der Waals surface area contributed by atoms with E-state index in [0.29, 0.717) is 6.42 Å². The average molecular weight is 723 g/mol. The van der Waals surface area contributed by atoms with Gasteiger partial charge in [0, 0.05) is 13.0 Å². The third-order valence-corrected chi connectivity index (χ3v) is 14.0. The van der Waals surface area contributed by atoms with E-state index in [-0.39, 0.29) is 34.3 Å². The van der Waals surface area contributed by atoms with Gasteiger partial charge in [0.05, 0.1) is 35.4 Å². The summed E-state index contributed by atoms with van der Waals surface area (Å²) in [5.74, 6) is 3.81. The van der Waals surface area contributed by atoms with Crippen LogP contribution >= 0.6 is 23.5 Å². The van der Waals surface area contributed by atoms with Gasteiger partial charge in [0.1, 0.15) is 0 Å². The van der Waals surface area contributed by atoms with Gasteiger partial charge in [0.15, 0.2) is 24.1 Å². The predicted molar refractivity (Wildman–Crippen MR) is 194 cm³/mol. The molecule has 3 fully saturated rings. The summed E-state index contributed by atoms with van der Waals surface area (Å²) in [5.41, 5.74) is 2.25. The summed E-state index contributed by atoms with van der Waals surface area (Å²) in [5, 5.41) is 0. The van der Waals surface area contributed by atoms with E-state index in [1.165, 1.54) is 12.0 Å². The number of hydrogen-bond acceptors (Lipinski definition) is 10. The summed E-state index contributed by atoms with van der Waals surface area (Å²) in [6, 6.07) is 13.1. The molecule has 8 nitrogen and oxygen atoms in total. The fraction of sp³-hybridized carbons (Fsp3) is 0.676. The molecule has 2 aromatic carbocycles. The Hall–Kier alpha value is -1.47. The number of benzene rings is 2. The highest BCUT2D eigenvalue weighted by Gasteiger charge is 2.37. The second-order valence-corrected chi connectivity index (χ2v) is 17.9. The number of thioether (sulfide) groups is 2. The highest BCUT2D eigenvalue weighted by molar-refractivity contribution is 8.18. The van der Waals surface area contributed by atoms with E-state index >= 15 is 0 Å². The van der Waals surface area contributed by atoms with Crippen LogP contribution in [0.1, 0.15) is 94.6 Å². The Morgan fingerprint density at radius 3 is 2.29 bits per heavy atom. The van der Waals surface area contributed by atoms with E-state index in [4.69, 9.17) is 27.9 Å². The summed E-state index contributed by atoms with van der Waals surface area (Å²) >= 11 is 4.18. The average Bonchev–Trinajstić information content (AvgIpc) is 3.11. The van der Waals surface area contributed by atoms with Crippen molar-refractivity contribution in [2.24, 2.45) is 0 Å². The van der Waals surface area contributed by atoms with Gasteiger partial charge in [-0.25, -0.2) is 0 Å². The SMILES string of the molecule is COc1cc(CCC2(C[C@H](CCCCCOS(=O)(=O)c3ccc(C)cc3)OC3CCCCO3)SCCCS2)ccc1OC1CCCCO1. The van der Waals surface area contributed by atoms with E-state index in [9.17, 15) is 8.42 Å². The minimum absolute atomic E-state index is 0.0567. The number of hydrogen-bond donors (Lipinski definition) is 0. The smallest absolute Gasteiger partial charge is 0.296 e. The number of aryl methyl sites for hydroxylation is 2. The number of ether oxygens (including phenoxy) is 5. The molecule has 0 spiro atoms. The standard InChI is InChI=1S/C37H54O8S3/c1-29-14-17-32(18-15-29)48(38,39)43-24-7-3-4-11-31(44-35-12-5-8-22-41-35)28-37(46-25-10-26-47-37)21-20-30-16-19-33(34(27-30)40-2)45-36-13-6-9-23-42-36/h14-19,27,31,35-36H,3-13,20-26,28H2,1-2H3/t31-,35?,36?/m0/s1. The number of methoxy groups -OCH3 is 1. The van der Waals surface area contributed by atoms with Crippen LogP contribution < -0.4 is 9.47 Å². The molecule has 268 valence electrons. The first-order chi connectivity index (χ1) is 23.3. The van der Waals surface area contributed by atoms with Crippen molar-refractivity contribution in [2.45, 2.75) is 124 Å². The van der Waals surface area contributed by atoms with Crippen LogP contribution in [0.15, 0.2) is 47.4 Å². The van der Waals surface area contributed by atoms with Crippen LogP contribution in [-0.4, -0.2) is 69.6 Å². The largest absolute Gasteiger partial charge is 0.493 e. The second kappa shape index (κ2) is 19.2. The maximum Gasteiger partial charge on any atom is 0.296 e. The minimum Gasteiger partial charge on any atom is -0.493 e. The molecule has 0 radical (unpaired) electrons. The maximum atomic E-state index is 12.6. The summed E-state index contributed by atoms with van der Waals surface area (Å²) in [6.45, 7) is 3.62. The summed E-state index contributed by atoms with van der Waals surface area (Å²) in [4.78, 5) is 0.207. The Labute approximate surface area is 296 Å². The first kappa shape index (κ1) is 37.8. The lowest BCUT2D eigenvalue weighted by molar-refractivity contribution is -0.191. The molecule has 48 heavy (non-hydrogen) atoms. The maximum absolute atomic E-state index is 12.6. The first-order valence-electron chi connectivity index (χ1n) is 17.8. The molecule has 3 saturated heterocycles. The van der Waals surface area contributed by atoms with Gasteiger partial charge in [-0.05, 0) is 119 Å².